The number of phenolic OH excluding ortho intramolecular Hbond substituents is 1. The molecule has 0 saturated heterocycles. The molecule has 0 aliphatic heterocycles. The lowest BCUT2D eigenvalue weighted by Gasteiger charge is -2.24. The largest absolute Gasteiger partial charge is 0.508 e. The molecule has 0 aliphatic carbocycles. The van der Waals surface area contributed by atoms with E-state index in [0.29, 0.717) is 6.42 Å². The van der Waals surface area contributed by atoms with E-state index in [4.69, 9.17) is 9.68 Å². The van der Waals surface area contributed by atoms with E-state index >= 15 is 0 Å². The van der Waals surface area contributed by atoms with Crippen molar-refractivity contribution in [1.29, 1.82) is 0 Å². The van der Waals surface area contributed by atoms with Crippen molar-refractivity contribution in [1.82, 2.24) is 0 Å². The third-order valence-corrected chi connectivity index (χ3v) is 5.36. The van der Waals surface area contributed by atoms with Gasteiger partial charge in [-0.1, -0.05) is 12.1 Å². The monoisotopic (exact) mass is 256 g/mol. The van der Waals surface area contributed by atoms with Crippen LogP contribution in [0.5, 0.6) is 5.75 Å². The first-order chi connectivity index (χ1) is 7.96. The van der Waals surface area contributed by atoms with E-state index in [9.17, 15) is 5.11 Å². The SMILES string of the molecule is CO[Si](C)(C)CC(Cc1ccc(O)cc1)OO. The van der Waals surface area contributed by atoms with E-state index in [1.165, 1.54) is 0 Å². The number of phenols is 1. The lowest BCUT2D eigenvalue weighted by atomic mass is 10.1. The summed E-state index contributed by atoms with van der Waals surface area (Å²) in [6, 6.07) is 7.62. The predicted octanol–water partition coefficient (Wildman–Crippen LogP) is 2.64. The summed E-state index contributed by atoms with van der Waals surface area (Å²) < 4.78 is 5.43. The second kappa shape index (κ2) is 6.16. The Balaban J connectivity index is 2.61. The second-order valence-corrected chi connectivity index (χ2v) is 9.10. The zero-order valence-electron chi connectivity index (χ0n) is 10.5. The second-order valence-electron chi connectivity index (χ2n) is 4.77. The van der Waals surface area contributed by atoms with Gasteiger partial charge in [0.05, 0.1) is 6.10 Å². The Morgan fingerprint density at radius 2 is 1.82 bits per heavy atom. The Hall–Kier alpha value is -0.883. The van der Waals surface area contributed by atoms with Crippen LogP contribution in [0, 0.1) is 0 Å². The summed E-state index contributed by atoms with van der Waals surface area (Å²) in [6.07, 6.45) is 0.345. The fraction of sp³-hybridized carbons (Fsp3) is 0.500. The summed E-state index contributed by atoms with van der Waals surface area (Å²) in [5.74, 6) is 0.238. The maximum absolute atomic E-state index is 9.18. The van der Waals surface area contributed by atoms with Gasteiger partial charge in [-0.2, -0.15) is 0 Å². The van der Waals surface area contributed by atoms with E-state index in [-0.39, 0.29) is 11.9 Å². The average Bonchev–Trinajstić information content (AvgIpc) is 2.31. The van der Waals surface area contributed by atoms with Gasteiger partial charge in [0, 0.05) is 13.5 Å². The smallest absolute Gasteiger partial charge is 0.188 e. The van der Waals surface area contributed by atoms with Crippen molar-refractivity contribution >= 4 is 8.32 Å². The molecule has 1 rings (SSSR count). The van der Waals surface area contributed by atoms with Crippen molar-refractivity contribution in [3.05, 3.63) is 29.8 Å². The molecule has 1 aromatic carbocycles. The molecule has 1 atom stereocenters. The summed E-state index contributed by atoms with van der Waals surface area (Å²) in [5.41, 5.74) is 1.02. The van der Waals surface area contributed by atoms with Gasteiger partial charge in [-0.15, -0.1) is 0 Å². The molecule has 0 fully saturated rings. The Morgan fingerprint density at radius 3 is 2.29 bits per heavy atom. The summed E-state index contributed by atoms with van der Waals surface area (Å²) in [7, 11) is -0.0648. The Bertz CT molecular complexity index is 337. The normalized spacial score (nSPS) is 13.6. The first-order valence-electron chi connectivity index (χ1n) is 5.60. The van der Waals surface area contributed by atoms with Crippen molar-refractivity contribution in [3.8, 4) is 5.75 Å². The highest BCUT2D eigenvalue weighted by atomic mass is 28.4. The van der Waals surface area contributed by atoms with Crippen molar-refractivity contribution in [2.45, 2.75) is 31.7 Å². The molecule has 0 spiro atoms. The van der Waals surface area contributed by atoms with E-state index in [1.54, 1.807) is 19.2 Å². The van der Waals surface area contributed by atoms with E-state index in [1.807, 2.05) is 12.1 Å². The summed E-state index contributed by atoms with van der Waals surface area (Å²) in [4.78, 5) is 4.51. The maximum atomic E-state index is 9.18. The number of benzene rings is 1. The van der Waals surface area contributed by atoms with Crippen molar-refractivity contribution in [3.63, 3.8) is 0 Å². The highest BCUT2D eigenvalue weighted by Gasteiger charge is 2.26. The van der Waals surface area contributed by atoms with Gasteiger partial charge in [-0.05, 0) is 36.8 Å². The summed E-state index contributed by atoms with van der Waals surface area (Å²) in [6.45, 7) is 4.16. The highest BCUT2D eigenvalue weighted by molar-refractivity contribution is 6.71. The van der Waals surface area contributed by atoms with Crippen LogP contribution in [0.1, 0.15) is 5.56 Å². The summed E-state index contributed by atoms with van der Waals surface area (Å²) >= 11 is 0. The topological polar surface area (TPSA) is 58.9 Å². The molecular formula is C12H20O4Si. The van der Waals surface area contributed by atoms with Crippen molar-refractivity contribution in [2.75, 3.05) is 7.11 Å². The molecule has 0 bridgehead atoms. The fourth-order valence-electron chi connectivity index (χ4n) is 1.67. The molecule has 96 valence electrons. The van der Waals surface area contributed by atoms with Crippen LogP contribution in [0.2, 0.25) is 19.1 Å². The number of rotatable bonds is 6. The lowest BCUT2D eigenvalue weighted by Crippen LogP contribution is -2.35. The molecule has 1 aromatic rings. The van der Waals surface area contributed by atoms with Gasteiger partial charge in [0.2, 0.25) is 0 Å². The number of aromatic hydroxyl groups is 1. The Kier molecular flexibility index (Phi) is 5.14. The van der Waals surface area contributed by atoms with Gasteiger partial charge >= 0.3 is 0 Å². The third-order valence-electron chi connectivity index (χ3n) is 2.82. The van der Waals surface area contributed by atoms with Crippen LogP contribution in [0.3, 0.4) is 0 Å². The molecule has 0 saturated carbocycles. The van der Waals surface area contributed by atoms with Gasteiger partial charge in [0.15, 0.2) is 8.32 Å². The van der Waals surface area contributed by atoms with Crippen molar-refractivity contribution < 1.29 is 19.7 Å². The zero-order valence-corrected chi connectivity index (χ0v) is 11.5. The molecule has 5 heteroatoms. The predicted molar refractivity (Wildman–Crippen MR) is 68.6 cm³/mol. The van der Waals surface area contributed by atoms with Gasteiger partial charge in [0.25, 0.3) is 0 Å². The van der Waals surface area contributed by atoms with E-state index in [2.05, 4.69) is 18.0 Å². The molecule has 17 heavy (non-hydrogen) atoms. The average molecular weight is 256 g/mol. The van der Waals surface area contributed by atoms with Crippen LogP contribution in [0.25, 0.3) is 0 Å². The minimum absolute atomic E-state index is 0.238. The molecule has 0 amide bonds. The highest BCUT2D eigenvalue weighted by Crippen LogP contribution is 2.19. The number of hydrogen-bond donors (Lipinski definition) is 2. The van der Waals surface area contributed by atoms with Crippen LogP contribution >= 0.6 is 0 Å². The first kappa shape index (κ1) is 14.2. The van der Waals surface area contributed by atoms with E-state index < -0.39 is 8.32 Å². The van der Waals surface area contributed by atoms with Crippen LogP contribution in [-0.2, 0) is 15.7 Å². The summed E-state index contributed by atoms with van der Waals surface area (Å²) in [5, 5.41) is 18.1. The maximum Gasteiger partial charge on any atom is 0.188 e. The van der Waals surface area contributed by atoms with Crippen molar-refractivity contribution in [2.24, 2.45) is 0 Å². The molecule has 0 aromatic heterocycles. The molecule has 0 aliphatic rings. The van der Waals surface area contributed by atoms with Gasteiger partial charge in [0.1, 0.15) is 5.75 Å². The zero-order chi connectivity index (χ0) is 12.9. The molecule has 1 unspecified atom stereocenters. The van der Waals surface area contributed by atoms with E-state index in [0.717, 1.165) is 11.6 Å². The fourth-order valence-corrected chi connectivity index (χ4v) is 3.16. The molecule has 2 N–H and O–H groups in total. The van der Waals surface area contributed by atoms with Crippen LogP contribution in [-0.4, -0.2) is 31.9 Å². The lowest BCUT2D eigenvalue weighted by molar-refractivity contribution is -0.273. The van der Waals surface area contributed by atoms with Gasteiger partial charge in [-0.3, -0.25) is 5.26 Å². The van der Waals surface area contributed by atoms with Crippen LogP contribution in [0.15, 0.2) is 24.3 Å². The van der Waals surface area contributed by atoms with Gasteiger partial charge < -0.3 is 9.53 Å². The quantitative estimate of drug-likeness (QED) is 0.467. The van der Waals surface area contributed by atoms with Crippen LogP contribution < -0.4 is 0 Å². The molecule has 0 radical (unpaired) electrons. The minimum Gasteiger partial charge on any atom is -0.508 e. The molecule has 0 heterocycles. The molecular weight excluding hydrogens is 236 g/mol. The number of hydrogen-bond acceptors (Lipinski definition) is 4. The first-order valence-corrected chi connectivity index (χ1v) is 8.71. The van der Waals surface area contributed by atoms with Crippen LogP contribution in [0.4, 0.5) is 0 Å². The third kappa shape index (κ3) is 4.87. The molecule has 4 nitrogen and oxygen atoms in total. The minimum atomic E-state index is -1.76. The standard InChI is InChI=1S/C12H20O4Si/c1-15-17(2,3)9-12(16-14)8-10-4-6-11(13)7-5-10/h4-7,12-14H,8-9H2,1-3H3. The van der Waals surface area contributed by atoms with Gasteiger partial charge in [-0.25, -0.2) is 4.89 Å². The Morgan fingerprint density at radius 1 is 1.24 bits per heavy atom. The Labute approximate surface area is 103 Å².